The molecule has 0 fully saturated rings. The first kappa shape index (κ1) is 11.5. The fraction of sp³-hybridized carbons (Fsp3) is 0.300. The average molecular weight is 302 g/mol. The number of nitrogens with zero attached hydrogens (tertiary/aromatic N) is 4. The first-order chi connectivity index (χ1) is 7.61. The molecule has 2 aromatic rings. The Morgan fingerprint density at radius 1 is 1.44 bits per heavy atom. The third kappa shape index (κ3) is 1.97. The summed E-state index contributed by atoms with van der Waals surface area (Å²) in [5, 5.41) is 11.3. The van der Waals surface area contributed by atoms with E-state index in [2.05, 4.69) is 31.5 Å². The Labute approximate surface area is 107 Å². The van der Waals surface area contributed by atoms with Crippen LogP contribution in [0.2, 0.25) is 0 Å². The van der Waals surface area contributed by atoms with Gasteiger partial charge in [0, 0.05) is 4.47 Å². The molecule has 0 saturated heterocycles. The number of aromatic nitrogens is 4. The maximum absolute atomic E-state index is 6.01. The molecule has 2 rings (SSSR count). The monoisotopic (exact) mass is 300 g/mol. The third-order valence-corrected chi connectivity index (χ3v) is 3.48. The van der Waals surface area contributed by atoms with E-state index in [0.29, 0.717) is 5.82 Å². The number of hydrogen-bond acceptors (Lipinski definition) is 3. The Kier molecular flexibility index (Phi) is 3.25. The summed E-state index contributed by atoms with van der Waals surface area (Å²) in [6.07, 6.45) is 0. The van der Waals surface area contributed by atoms with E-state index in [4.69, 9.17) is 11.6 Å². The van der Waals surface area contributed by atoms with Crippen LogP contribution in [0.25, 0.3) is 5.69 Å². The van der Waals surface area contributed by atoms with Gasteiger partial charge in [-0.3, -0.25) is 0 Å². The van der Waals surface area contributed by atoms with Gasteiger partial charge in [0.15, 0.2) is 5.82 Å². The molecule has 0 aliphatic rings. The number of aryl methyl sites for hydroxylation is 1. The Bertz CT molecular complexity index is 509. The highest BCUT2D eigenvalue weighted by molar-refractivity contribution is 9.10. The van der Waals surface area contributed by atoms with Crippen molar-refractivity contribution in [3.8, 4) is 5.69 Å². The number of rotatable bonds is 2. The number of tetrazole rings is 1. The highest BCUT2D eigenvalue weighted by atomic mass is 79.9. The van der Waals surface area contributed by atoms with Crippen LogP contribution in [0.15, 0.2) is 22.7 Å². The van der Waals surface area contributed by atoms with Crippen LogP contribution in [-0.2, 0) is 0 Å². The van der Waals surface area contributed by atoms with Crippen LogP contribution in [0, 0.1) is 6.92 Å². The van der Waals surface area contributed by atoms with Crippen LogP contribution in [-0.4, -0.2) is 20.2 Å². The molecule has 1 unspecified atom stereocenters. The molecule has 0 aliphatic carbocycles. The maximum atomic E-state index is 6.01. The van der Waals surface area contributed by atoms with Crippen molar-refractivity contribution in [1.29, 1.82) is 0 Å². The minimum atomic E-state index is -0.234. The van der Waals surface area contributed by atoms with Crippen molar-refractivity contribution < 1.29 is 0 Å². The SMILES string of the molecule is Cc1cccc(-n2nnnc2C(C)Cl)c1Br. The zero-order chi connectivity index (χ0) is 11.7. The maximum Gasteiger partial charge on any atom is 0.174 e. The second-order valence-corrected chi connectivity index (χ2v) is 4.92. The quantitative estimate of drug-likeness (QED) is 0.801. The molecule has 1 aromatic carbocycles. The summed E-state index contributed by atoms with van der Waals surface area (Å²) in [6.45, 7) is 3.86. The molecule has 1 atom stereocenters. The van der Waals surface area contributed by atoms with Gasteiger partial charge in [0.1, 0.15) is 0 Å². The summed E-state index contributed by atoms with van der Waals surface area (Å²) >= 11 is 9.54. The zero-order valence-corrected chi connectivity index (χ0v) is 11.2. The van der Waals surface area contributed by atoms with Gasteiger partial charge in [-0.05, 0) is 51.8 Å². The van der Waals surface area contributed by atoms with E-state index in [1.165, 1.54) is 0 Å². The molecule has 1 aromatic heterocycles. The van der Waals surface area contributed by atoms with Gasteiger partial charge >= 0.3 is 0 Å². The molecule has 0 amide bonds. The summed E-state index contributed by atoms with van der Waals surface area (Å²) < 4.78 is 2.62. The first-order valence-electron chi connectivity index (χ1n) is 4.79. The molecule has 0 bridgehead atoms. The second-order valence-electron chi connectivity index (χ2n) is 3.47. The molecular formula is C10H10BrClN4. The summed E-state index contributed by atoms with van der Waals surface area (Å²) in [7, 11) is 0. The molecular weight excluding hydrogens is 291 g/mol. The molecule has 6 heteroatoms. The van der Waals surface area contributed by atoms with Gasteiger partial charge in [-0.25, -0.2) is 0 Å². The molecule has 0 saturated carbocycles. The predicted molar refractivity (Wildman–Crippen MR) is 65.9 cm³/mol. The third-order valence-electron chi connectivity index (χ3n) is 2.25. The summed E-state index contributed by atoms with van der Waals surface area (Å²) in [6, 6.07) is 5.91. The molecule has 4 nitrogen and oxygen atoms in total. The zero-order valence-electron chi connectivity index (χ0n) is 8.85. The van der Waals surface area contributed by atoms with Crippen LogP contribution < -0.4 is 0 Å². The van der Waals surface area contributed by atoms with Gasteiger partial charge in [0.2, 0.25) is 0 Å². The lowest BCUT2D eigenvalue weighted by Gasteiger charge is -2.09. The molecule has 1 heterocycles. The standard InChI is InChI=1S/C10H10BrClN4/c1-6-4-3-5-8(9(6)11)16-10(7(2)12)13-14-15-16/h3-5,7H,1-2H3. The van der Waals surface area contributed by atoms with Gasteiger partial charge in [0.25, 0.3) is 0 Å². The van der Waals surface area contributed by atoms with E-state index in [0.717, 1.165) is 15.7 Å². The van der Waals surface area contributed by atoms with Crippen LogP contribution in [0.4, 0.5) is 0 Å². The van der Waals surface area contributed by atoms with Crippen LogP contribution in [0.5, 0.6) is 0 Å². The highest BCUT2D eigenvalue weighted by Crippen LogP contribution is 2.27. The minimum Gasteiger partial charge on any atom is -0.195 e. The lowest BCUT2D eigenvalue weighted by molar-refractivity contribution is 0.757. The smallest absolute Gasteiger partial charge is 0.174 e. The molecule has 84 valence electrons. The van der Waals surface area contributed by atoms with E-state index >= 15 is 0 Å². The second kappa shape index (κ2) is 4.51. The van der Waals surface area contributed by atoms with Crippen molar-refractivity contribution in [3.05, 3.63) is 34.1 Å². The normalized spacial score (nSPS) is 12.8. The van der Waals surface area contributed by atoms with Gasteiger partial charge in [-0.1, -0.05) is 12.1 Å². The van der Waals surface area contributed by atoms with Gasteiger partial charge in [-0.2, -0.15) is 4.68 Å². The fourth-order valence-electron chi connectivity index (χ4n) is 1.41. The molecule has 0 radical (unpaired) electrons. The Morgan fingerprint density at radius 2 is 2.19 bits per heavy atom. The summed E-state index contributed by atoms with van der Waals surface area (Å²) in [4.78, 5) is 0. The van der Waals surface area contributed by atoms with E-state index in [1.54, 1.807) is 4.68 Å². The first-order valence-corrected chi connectivity index (χ1v) is 6.02. The van der Waals surface area contributed by atoms with Crippen molar-refractivity contribution >= 4 is 27.5 Å². The van der Waals surface area contributed by atoms with Crippen LogP contribution in [0.1, 0.15) is 23.7 Å². The van der Waals surface area contributed by atoms with Gasteiger partial charge in [0.05, 0.1) is 11.1 Å². The van der Waals surface area contributed by atoms with E-state index in [9.17, 15) is 0 Å². The van der Waals surface area contributed by atoms with Crippen LogP contribution >= 0.6 is 27.5 Å². The van der Waals surface area contributed by atoms with E-state index in [-0.39, 0.29) is 5.38 Å². The fourth-order valence-corrected chi connectivity index (χ4v) is 1.98. The lowest BCUT2D eigenvalue weighted by atomic mass is 10.2. The van der Waals surface area contributed by atoms with Crippen molar-refractivity contribution in [1.82, 2.24) is 20.2 Å². The summed E-state index contributed by atoms with van der Waals surface area (Å²) in [5.74, 6) is 0.632. The average Bonchev–Trinajstić information content (AvgIpc) is 2.70. The van der Waals surface area contributed by atoms with Crippen molar-refractivity contribution in [2.24, 2.45) is 0 Å². The Hall–Kier alpha value is -0.940. The molecule has 0 N–H and O–H groups in total. The summed E-state index contributed by atoms with van der Waals surface area (Å²) in [5.41, 5.74) is 2.02. The Morgan fingerprint density at radius 3 is 2.88 bits per heavy atom. The highest BCUT2D eigenvalue weighted by Gasteiger charge is 2.15. The molecule has 0 spiro atoms. The number of alkyl halides is 1. The number of hydrogen-bond donors (Lipinski definition) is 0. The topological polar surface area (TPSA) is 43.6 Å². The number of halogens is 2. The minimum absolute atomic E-state index is 0.234. The van der Waals surface area contributed by atoms with Gasteiger partial charge in [-0.15, -0.1) is 16.7 Å². The predicted octanol–water partition coefficient (Wildman–Crippen LogP) is 3.03. The van der Waals surface area contributed by atoms with Crippen LogP contribution in [0.3, 0.4) is 0 Å². The van der Waals surface area contributed by atoms with E-state index < -0.39 is 0 Å². The van der Waals surface area contributed by atoms with Crippen molar-refractivity contribution in [3.63, 3.8) is 0 Å². The van der Waals surface area contributed by atoms with E-state index in [1.807, 2.05) is 32.0 Å². The Balaban J connectivity index is 2.59. The van der Waals surface area contributed by atoms with Crippen molar-refractivity contribution in [2.75, 3.05) is 0 Å². The number of benzene rings is 1. The van der Waals surface area contributed by atoms with Crippen molar-refractivity contribution in [2.45, 2.75) is 19.2 Å². The molecule has 16 heavy (non-hydrogen) atoms. The largest absolute Gasteiger partial charge is 0.195 e. The molecule has 0 aliphatic heterocycles. The van der Waals surface area contributed by atoms with Gasteiger partial charge < -0.3 is 0 Å². The lowest BCUT2D eigenvalue weighted by Crippen LogP contribution is -2.05.